The number of nitrogens with zero attached hydrogens (tertiary/aromatic N) is 5. The smallest absolute Gasteiger partial charge is 0.244 e. The molecule has 1 aliphatic rings. The number of aromatic nitrogens is 4. The van der Waals surface area contributed by atoms with E-state index in [2.05, 4.69) is 25.0 Å². The monoisotopic (exact) mass is 342 g/mol. The van der Waals surface area contributed by atoms with Gasteiger partial charge in [-0.2, -0.15) is 4.98 Å². The summed E-state index contributed by atoms with van der Waals surface area (Å²) in [5, 5.41) is 13.1. The van der Waals surface area contributed by atoms with Gasteiger partial charge in [-0.25, -0.2) is 9.97 Å². The zero-order valence-electron chi connectivity index (χ0n) is 13.5. The third-order valence-corrected chi connectivity index (χ3v) is 4.31. The lowest BCUT2D eigenvalue weighted by Gasteiger charge is -2.19. The quantitative estimate of drug-likeness (QED) is 0.709. The topological polar surface area (TPSA) is 127 Å². The van der Waals surface area contributed by atoms with E-state index in [1.54, 1.807) is 12.3 Å². The van der Waals surface area contributed by atoms with Crippen molar-refractivity contribution in [1.29, 1.82) is 0 Å². The van der Waals surface area contributed by atoms with Gasteiger partial charge >= 0.3 is 0 Å². The number of aliphatic hydroxyl groups excluding tert-OH is 1. The van der Waals surface area contributed by atoms with E-state index in [0.29, 0.717) is 35.4 Å². The van der Waals surface area contributed by atoms with Gasteiger partial charge in [-0.15, -0.1) is 0 Å². The fourth-order valence-electron chi connectivity index (χ4n) is 3.08. The summed E-state index contributed by atoms with van der Waals surface area (Å²) in [6.45, 7) is 1.43. The average molecular weight is 342 g/mol. The Morgan fingerprint density at radius 3 is 3.00 bits per heavy atom. The van der Waals surface area contributed by atoms with Gasteiger partial charge in [0.2, 0.25) is 11.7 Å². The first-order valence-electron chi connectivity index (χ1n) is 8.06. The molecule has 1 atom stereocenters. The predicted molar refractivity (Wildman–Crippen MR) is 86.8 cm³/mol. The van der Waals surface area contributed by atoms with Gasteiger partial charge in [-0.1, -0.05) is 5.16 Å². The van der Waals surface area contributed by atoms with Crippen LogP contribution in [0.4, 0.5) is 5.82 Å². The maximum absolute atomic E-state index is 9.11. The van der Waals surface area contributed by atoms with Crippen molar-refractivity contribution < 1.29 is 14.0 Å². The van der Waals surface area contributed by atoms with Crippen LogP contribution in [0.25, 0.3) is 11.4 Å². The van der Waals surface area contributed by atoms with E-state index in [0.717, 1.165) is 25.1 Å². The Morgan fingerprint density at radius 1 is 1.32 bits per heavy atom. The van der Waals surface area contributed by atoms with Crippen molar-refractivity contribution in [2.24, 2.45) is 0 Å². The molecule has 0 spiro atoms. The van der Waals surface area contributed by atoms with Crippen molar-refractivity contribution in [3.8, 4) is 11.4 Å². The van der Waals surface area contributed by atoms with Gasteiger partial charge in [-0.05, 0) is 31.5 Å². The first-order valence-corrected chi connectivity index (χ1v) is 8.06. The van der Waals surface area contributed by atoms with Crippen molar-refractivity contribution in [3.05, 3.63) is 42.1 Å². The number of hydrogen-bond acceptors (Lipinski definition) is 9. The molecule has 1 fully saturated rings. The molecular weight excluding hydrogens is 324 g/mol. The second kappa shape index (κ2) is 6.61. The summed E-state index contributed by atoms with van der Waals surface area (Å²) in [5.74, 6) is 2.62. The molecule has 0 saturated carbocycles. The van der Waals surface area contributed by atoms with Gasteiger partial charge in [-0.3, -0.25) is 4.90 Å². The number of rotatable bonds is 5. The van der Waals surface area contributed by atoms with Crippen LogP contribution in [0.15, 0.2) is 33.6 Å². The lowest BCUT2D eigenvalue weighted by atomic mass is 10.2. The van der Waals surface area contributed by atoms with Gasteiger partial charge < -0.3 is 19.8 Å². The van der Waals surface area contributed by atoms with Crippen molar-refractivity contribution in [3.63, 3.8) is 0 Å². The zero-order valence-corrected chi connectivity index (χ0v) is 13.5. The van der Waals surface area contributed by atoms with Crippen LogP contribution >= 0.6 is 0 Å². The zero-order chi connectivity index (χ0) is 17.2. The Morgan fingerprint density at radius 2 is 2.20 bits per heavy atom. The molecule has 1 unspecified atom stereocenters. The van der Waals surface area contributed by atoms with Gasteiger partial charge in [0.25, 0.3) is 0 Å². The minimum absolute atomic E-state index is 0.0229. The highest BCUT2D eigenvalue weighted by atomic mass is 16.5. The van der Waals surface area contributed by atoms with E-state index in [1.165, 1.54) is 6.33 Å². The Labute approximate surface area is 143 Å². The van der Waals surface area contributed by atoms with Gasteiger partial charge in [0.15, 0.2) is 0 Å². The van der Waals surface area contributed by atoms with Crippen molar-refractivity contribution >= 4 is 5.82 Å². The van der Waals surface area contributed by atoms with Crippen LogP contribution in [0.1, 0.15) is 36.3 Å². The lowest BCUT2D eigenvalue weighted by Crippen LogP contribution is -2.22. The summed E-state index contributed by atoms with van der Waals surface area (Å²) in [7, 11) is 0. The normalized spacial score (nSPS) is 18.0. The van der Waals surface area contributed by atoms with Crippen molar-refractivity contribution in [2.45, 2.75) is 32.0 Å². The van der Waals surface area contributed by atoms with Crippen LogP contribution in [0.2, 0.25) is 0 Å². The van der Waals surface area contributed by atoms with E-state index in [9.17, 15) is 0 Å². The molecule has 0 aliphatic carbocycles. The molecule has 0 amide bonds. The van der Waals surface area contributed by atoms with Crippen LogP contribution in [0.3, 0.4) is 0 Å². The number of likely N-dealkylation sites (tertiary alicyclic amines) is 1. The summed E-state index contributed by atoms with van der Waals surface area (Å²) in [6.07, 6.45) is 4.91. The Hall–Kier alpha value is -2.78. The summed E-state index contributed by atoms with van der Waals surface area (Å²) in [5.41, 5.74) is 6.40. The van der Waals surface area contributed by atoms with Crippen molar-refractivity contribution in [1.82, 2.24) is 25.0 Å². The summed E-state index contributed by atoms with van der Waals surface area (Å²) in [6, 6.07) is 3.68. The lowest BCUT2D eigenvalue weighted by molar-refractivity contribution is 0.182. The Kier molecular flexibility index (Phi) is 4.16. The highest BCUT2D eigenvalue weighted by molar-refractivity contribution is 5.66. The number of anilines is 1. The van der Waals surface area contributed by atoms with Gasteiger partial charge in [0.1, 0.15) is 30.3 Å². The minimum atomic E-state index is -0.100. The number of nitrogens with two attached hydrogens (primary N) is 1. The average Bonchev–Trinajstić information content (AvgIpc) is 3.35. The van der Waals surface area contributed by atoms with Crippen LogP contribution in [0, 0.1) is 0 Å². The number of furan rings is 1. The van der Waals surface area contributed by atoms with Gasteiger partial charge in [0, 0.05) is 6.20 Å². The fraction of sp³-hybridized carbons (Fsp3) is 0.375. The standard InChI is InChI=1S/C16H18N6O3/c17-14-12(6-18-9-19-14)15-20-16(25-21-15)13-2-1-5-22(13)7-10-3-4-11(8-23)24-10/h3-4,6,9,13,23H,1-2,5,7-8H2,(H2,17,18,19). The second-order valence-electron chi connectivity index (χ2n) is 5.93. The molecule has 0 radical (unpaired) electrons. The predicted octanol–water partition coefficient (Wildman–Crippen LogP) is 1.53. The summed E-state index contributed by atoms with van der Waals surface area (Å²) in [4.78, 5) is 14.6. The molecule has 4 rings (SSSR count). The number of hydrogen-bond donors (Lipinski definition) is 2. The van der Waals surface area contributed by atoms with Crippen LogP contribution < -0.4 is 5.73 Å². The third-order valence-electron chi connectivity index (χ3n) is 4.31. The van der Waals surface area contributed by atoms with E-state index in [1.807, 2.05) is 6.07 Å². The molecule has 3 N–H and O–H groups in total. The maximum Gasteiger partial charge on any atom is 0.244 e. The molecule has 0 bridgehead atoms. The number of nitrogen functional groups attached to an aromatic ring is 1. The Bertz CT molecular complexity index is 861. The van der Waals surface area contributed by atoms with Crippen LogP contribution in [-0.2, 0) is 13.2 Å². The fourth-order valence-corrected chi connectivity index (χ4v) is 3.08. The first-order chi connectivity index (χ1) is 12.2. The first kappa shape index (κ1) is 15.7. The molecule has 3 aromatic rings. The largest absolute Gasteiger partial charge is 0.462 e. The third kappa shape index (κ3) is 3.11. The Balaban J connectivity index is 1.53. The molecule has 9 heteroatoms. The molecule has 9 nitrogen and oxygen atoms in total. The molecular formula is C16H18N6O3. The highest BCUT2D eigenvalue weighted by Crippen LogP contribution is 2.33. The SMILES string of the molecule is Nc1ncncc1-c1noc(C2CCCN2Cc2ccc(CO)o2)n1. The molecule has 0 aromatic carbocycles. The van der Waals surface area contributed by atoms with E-state index >= 15 is 0 Å². The number of aliphatic hydroxyl groups is 1. The van der Waals surface area contributed by atoms with Crippen molar-refractivity contribution in [2.75, 3.05) is 12.3 Å². The summed E-state index contributed by atoms with van der Waals surface area (Å²) >= 11 is 0. The summed E-state index contributed by atoms with van der Waals surface area (Å²) < 4.78 is 11.0. The molecule has 130 valence electrons. The molecule has 25 heavy (non-hydrogen) atoms. The maximum atomic E-state index is 9.11. The van der Waals surface area contributed by atoms with E-state index < -0.39 is 0 Å². The second-order valence-corrected chi connectivity index (χ2v) is 5.93. The van der Waals surface area contributed by atoms with Gasteiger partial charge in [0.05, 0.1) is 18.2 Å². The van der Waals surface area contributed by atoms with Crippen LogP contribution in [0.5, 0.6) is 0 Å². The highest BCUT2D eigenvalue weighted by Gasteiger charge is 2.31. The minimum Gasteiger partial charge on any atom is -0.462 e. The van der Waals surface area contributed by atoms with Crippen LogP contribution in [-0.4, -0.2) is 36.7 Å². The molecule has 4 heterocycles. The molecule has 1 aliphatic heterocycles. The van der Waals surface area contributed by atoms with E-state index in [-0.39, 0.29) is 12.6 Å². The molecule has 1 saturated heterocycles. The molecule has 3 aromatic heterocycles. The van der Waals surface area contributed by atoms with E-state index in [4.69, 9.17) is 19.8 Å².